The fraction of sp³-hybridized carbons (Fsp3) is 0.308. The van der Waals surface area contributed by atoms with Crippen LogP contribution in [0, 0.1) is 0 Å². The molecule has 32 heavy (non-hydrogen) atoms. The number of anilines is 3. The Morgan fingerprint density at radius 1 is 0.969 bits per heavy atom. The van der Waals surface area contributed by atoms with Crippen LogP contribution < -0.4 is 16.4 Å². The molecule has 2 heterocycles. The van der Waals surface area contributed by atoms with E-state index in [1.54, 1.807) is 6.20 Å². The minimum absolute atomic E-state index is 0.316. The van der Waals surface area contributed by atoms with Crippen LogP contribution in [0.2, 0.25) is 0 Å². The summed E-state index contributed by atoms with van der Waals surface area (Å²) in [4.78, 5) is 4.51. The maximum Gasteiger partial charge on any atom is 0.177 e. The van der Waals surface area contributed by atoms with Gasteiger partial charge in [-0.3, -0.25) is 0 Å². The van der Waals surface area contributed by atoms with Gasteiger partial charge in [0.2, 0.25) is 0 Å². The van der Waals surface area contributed by atoms with E-state index in [0.717, 1.165) is 48.5 Å². The predicted molar refractivity (Wildman–Crippen MR) is 131 cm³/mol. The highest BCUT2D eigenvalue weighted by molar-refractivity contribution is 5.76. The highest BCUT2D eigenvalue weighted by Crippen LogP contribution is 2.29. The molecule has 0 spiro atoms. The molecule has 1 unspecified atom stereocenters. The van der Waals surface area contributed by atoms with Gasteiger partial charge in [-0.2, -0.15) is 0 Å². The van der Waals surface area contributed by atoms with Crippen LogP contribution in [0.1, 0.15) is 49.7 Å². The molecule has 0 bridgehead atoms. The summed E-state index contributed by atoms with van der Waals surface area (Å²) >= 11 is 0. The Labute approximate surface area is 188 Å². The number of rotatable bonds is 6. The molecule has 1 saturated carbocycles. The quantitative estimate of drug-likeness (QED) is 0.389. The molecule has 6 nitrogen and oxygen atoms in total. The van der Waals surface area contributed by atoms with Gasteiger partial charge < -0.3 is 16.4 Å². The highest BCUT2D eigenvalue weighted by Gasteiger charge is 2.19. The van der Waals surface area contributed by atoms with Crippen molar-refractivity contribution in [3.63, 3.8) is 0 Å². The van der Waals surface area contributed by atoms with Gasteiger partial charge in [-0.15, -0.1) is 5.10 Å². The fourth-order valence-corrected chi connectivity index (χ4v) is 4.53. The van der Waals surface area contributed by atoms with Gasteiger partial charge in [0.15, 0.2) is 5.65 Å². The number of fused-ring (bicyclic) bond motifs is 1. The molecule has 0 aliphatic heterocycles. The first-order chi connectivity index (χ1) is 15.7. The minimum atomic E-state index is 0.316. The van der Waals surface area contributed by atoms with Crippen molar-refractivity contribution < 1.29 is 0 Å². The topological polar surface area (TPSA) is 80.3 Å². The smallest absolute Gasteiger partial charge is 0.177 e. The van der Waals surface area contributed by atoms with Crippen molar-refractivity contribution in [2.75, 3.05) is 10.6 Å². The first kappa shape index (κ1) is 20.5. The van der Waals surface area contributed by atoms with Crippen LogP contribution in [-0.4, -0.2) is 26.7 Å². The molecule has 0 saturated heterocycles. The van der Waals surface area contributed by atoms with Gasteiger partial charge in [0.1, 0.15) is 5.82 Å². The molecule has 0 radical (unpaired) electrons. The van der Waals surface area contributed by atoms with E-state index in [1.807, 2.05) is 10.7 Å². The van der Waals surface area contributed by atoms with Crippen molar-refractivity contribution in [3.8, 4) is 0 Å². The largest absolute Gasteiger partial charge is 0.366 e. The molecule has 1 aliphatic rings. The van der Waals surface area contributed by atoms with Gasteiger partial charge in [0.05, 0.1) is 5.69 Å². The van der Waals surface area contributed by atoms with E-state index in [2.05, 4.69) is 83.2 Å². The lowest BCUT2D eigenvalue weighted by atomic mass is 9.92. The van der Waals surface area contributed by atoms with E-state index in [9.17, 15) is 0 Å². The Balaban J connectivity index is 1.39. The Hall–Kier alpha value is -3.38. The van der Waals surface area contributed by atoms with Crippen LogP contribution in [0.15, 0.2) is 73.1 Å². The molecule has 2 aromatic heterocycles. The van der Waals surface area contributed by atoms with Crippen LogP contribution in [0.4, 0.5) is 17.2 Å². The Morgan fingerprint density at radius 3 is 2.56 bits per heavy atom. The number of nitrogens with two attached hydrogens (primary N) is 1. The summed E-state index contributed by atoms with van der Waals surface area (Å²) in [7, 11) is 0. The van der Waals surface area contributed by atoms with Gasteiger partial charge >= 0.3 is 0 Å². The summed E-state index contributed by atoms with van der Waals surface area (Å²) in [5.41, 5.74) is 11.4. The number of hydrogen-bond donors (Lipinski definition) is 3. The average Bonchev–Trinajstić information content (AvgIpc) is 3.30. The summed E-state index contributed by atoms with van der Waals surface area (Å²) < 4.78 is 1.83. The first-order valence-corrected chi connectivity index (χ1v) is 11.4. The second kappa shape index (κ2) is 9.01. The molecule has 2 aromatic carbocycles. The minimum Gasteiger partial charge on any atom is -0.366 e. The van der Waals surface area contributed by atoms with E-state index in [1.165, 1.54) is 11.1 Å². The summed E-state index contributed by atoms with van der Waals surface area (Å²) in [6.07, 6.45) is 7.94. The summed E-state index contributed by atoms with van der Waals surface area (Å²) in [6.45, 7) is 2.24. The number of benzene rings is 2. The molecule has 6 heteroatoms. The third-order valence-corrected chi connectivity index (χ3v) is 6.45. The van der Waals surface area contributed by atoms with E-state index in [0.29, 0.717) is 18.0 Å². The lowest BCUT2D eigenvalue weighted by molar-refractivity contribution is 0.410. The van der Waals surface area contributed by atoms with Crippen molar-refractivity contribution >= 4 is 22.8 Å². The number of nitrogens with zero attached hydrogens (tertiary/aromatic N) is 3. The molecular weight excluding hydrogens is 396 g/mol. The third kappa shape index (κ3) is 4.46. The van der Waals surface area contributed by atoms with Gasteiger partial charge in [-0.25, -0.2) is 9.50 Å². The van der Waals surface area contributed by atoms with Gasteiger partial charge in [-0.1, -0.05) is 49.4 Å². The molecule has 4 N–H and O–H groups in total. The van der Waals surface area contributed by atoms with Gasteiger partial charge in [0, 0.05) is 42.1 Å². The molecule has 164 valence electrons. The molecule has 1 aliphatic carbocycles. The van der Waals surface area contributed by atoms with E-state index >= 15 is 0 Å². The van der Waals surface area contributed by atoms with Crippen molar-refractivity contribution in [2.45, 2.75) is 50.6 Å². The second-order valence-corrected chi connectivity index (χ2v) is 8.78. The van der Waals surface area contributed by atoms with Crippen LogP contribution in [0.3, 0.4) is 0 Å². The van der Waals surface area contributed by atoms with Gasteiger partial charge in [0.25, 0.3) is 0 Å². The van der Waals surface area contributed by atoms with E-state index in [-0.39, 0.29) is 0 Å². The molecule has 1 fully saturated rings. The number of imidazole rings is 1. The van der Waals surface area contributed by atoms with Crippen molar-refractivity contribution in [2.24, 2.45) is 5.73 Å². The maximum atomic E-state index is 6.07. The van der Waals surface area contributed by atoms with Crippen molar-refractivity contribution in [1.29, 1.82) is 0 Å². The highest BCUT2D eigenvalue weighted by atomic mass is 15.3. The van der Waals surface area contributed by atoms with Gasteiger partial charge in [-0.05, 0) is 48.9 Å². The zero-order valence-corrected chi connectivity index (χ0v) is 18.4. The lowest BCUT2D eigenvalue weighted by Crippen LogP contribution is -2.33. The van der Waals surface area contributed by atoms with Crippen LogP contribution in [0.25, 0.3) is 5.65 Å². The SMILES string of the molecule is CC(c1ccccc1)c1cccc(Nc2cc(N[C@H]3CC[C@H](N)CC3)nn3ccnc23)c1. The fourth-order valence-electron chi connectivity index (χ4n) is 4.53. The Morgan fingerprint density at radius 2 is 1.75 bits per heavy atom. The normalized spacial score (nSPS) is 19.6. The lowest BCUT2D eigenvalue weighted by Gasteiger charge is -2.27. The van der Waals surface area contributed by atoms with Crippen LogP contribution >= 0.6 is 0 Å². The monoisotopic (exact) mass is 426 g/mol. The van der Waals surface area contributed by atoms with Crippen molar-refractivity contribution in [3.05, 3.63) is 84.2 Å². The molecular formula is C26H30N6. The molecule has 4 aromatic rings. The predicted octanol–water partition coefficient (Wildman–Crippen LogP) is 5.31. The summed E-state index contributed by atoms with van der Waals surface area (Å²) in [5, 5.41) is 11.9. The maximum absolute atomic E-state index is 6.07. The number of aromatic nitrogens is 3. The number of nitrogens with one attached hydrogen (secondary N) is 2. The van der Waals surface area contributed by atoms with Crippen LogP contribution in [0.5, 0.6) is 0 Å². The summed E-state index contributed by atoms with van der Waals surface area (Å²) in [6, 6.07) is 22.0. The van der Waals surface area contributed by atoms with E-state index < -0.39 is 0 Å². The molecule has 5 rings (SSSR count). The van der Waals surface area contributed by atoms with E-state index in [4.69, 9.17) is 10.8 Å². The standard InChI is InChI=1S/C26H30N6/c1-18(19-6-3-2-4-7-19)20-8-5-9-23(16-20)29-24-17-25(31-32-15-14-28-26(24)32)30-22-12-10-21(27)11-13-22/h2-9,14-18,21-22,29H,10-13,27H2,1H3,(H,30,31)/t18?,21-,22-. The molecule has 0 amide bonds. The average molecular weight is 427 g/mol. The molecule has 1 atom stereocenters. The Kier molecular flexibility index (Phi) is 5.77. The zero-order chi connectivity index (χ0) is 21.9. The van der Waals surface area contributed by atoms with Crippen molar-refractivity contribution in [1.82, 2.24) is 14.6 Å². The zero-order valence-electron chi connectivity index (χ0n) is 18.4. The Bertz CT molecular complexity index is 1180. The third-order valence-electron chi connectivity index (χ3n) is 6.45. The summed E-state index contributed by atoms with van der Waals surface area (Å²) in [5.74, 6) is 1.17. The first-order valence-electron chi connectivity index (χ1n) is 11.4. The second-order valence-electron chi connectivity index (χ2n) is 8.78. The number of hydrogen-bond acceptors (Lipinski definition) is 5. The van der Waals surface area contributed by atoms with Crippen LogP contribution in [-0.2, 0) is 0 Å².